The molecule has 0 atom stereocenters. The van der Waals surface area contributed by atoms with Crippen LogP contribution in [0.3, 0.4) is 0 Å². The summed E-state index contributed by atoms with van der Waals surface area (Å²) in [6.07, 6.45) is 1.43. The number of rotatable bonds is 2. The topological polar surface area (TPSA) is 56.6 Å². The fraction of sp³-hybridized carbons (Fsp3) is 0.400. The van der Waals surface area contributed by atoms with Crippen LogP contribution in [0.5, 0.6) is 0 Å². The van der Waals surface area contributed by atoms with Crippen molar-refractivity contribution in [2.75, 3.05) is 0 Å². The molecule has 1 aromatic rings. The van der Waals surface area contributed by atoms with Crippen LogP contribution in [-0.4, -0.2) is 4.98 Å². The zero-order valence-corrected chi connectivity index (χ0v) is 9.73. The molecule has 0 aliphatic heterocycles. The van der Waals surface area contributed by atoms with Gasteiger partial charge in [0, 0.05) is 10.2 Å². The van der Waals surface area contributed by atoms with E-state index in [2.05, 4.69) is 20.9 Å². The minimum Gasteiger partial charge on any atom is -0.324 e. The molecule has 0 spiro atoms. The molecule has 0 aromatic carbocycles. The number of pyridine rings is 1. The van der Waals surface area contributed by atoms with Crippen molar-refractivity contribution < 1.29 is 0 Å². The Morgan fingerprint density at radius 3 is 2.50 bits per heavy atom. The molecule has 0 bridgehead atoms. The summed E-state index contributed by atoms with van der Waals surface area (Å²) in [6, 6.07) is 1.93. The summed E-state index contributed by atoms with van der Waals surface area (Å²) in [5, 5.41) is 8.83. The molecule has 0 radical (unpaired) electrons. The van der Waals surface area contributed by atoms with Crippen LogP contribution < -0.4 is 5.56 Å². The summed E-state index contributed by atoms with van der Waals surface area (Å²) in [6.45, 7) is 3.89. The number of aryl methyl sites for hydroxylation is 1. The number of nitriles is 1. The number of halogens is 1. The fourth-order valence-electron chi connectivity index (χ4n) is 1.38. The highest BCUT2D eigenvalue weighted by atomic mass is 79.9. The normalized spacial score (nSPS) is 9.86. The molecular weight excluding hydrogens is 244 g/mol. The Hall–Kier alpha value is -1.08. The van der Waals surface area contributed by atoms with E-state index in [1.807, 2.05) is 19.9 Å². The van der Waals surface area contributed by atoms with Crippen LogP contribution in [0.15, 0.2) is 9.27 Å². The van der Waals surface area contributed by atoms with Gasteiger partial charge in [-0.25, -0.2) is 0 Å². The van der Waals surface area contributed by atoms with Gasteiger partial charge in [-0.05, 0) is 34.3 Å². The Morgan fingerprint density at radius 2 is 2.07 bits per heavy atom. The Kier molecular flexibility index (Phi) is 3.48. The lowest BCUT2D eigenvalue weighted by molar-refractivity contribution is 0.958. The summed E-state index contributed by atoms with van der Waals surface area (Å²) in [5.41, 5.74) is 1.58. The molecule has 4 heteroatoms. The van der Waals surface area contributed by atoms with E-state index in [0.717, 1.165) is 22.2 Å². The maximum absolute atomic E-state index is 11.5. The molecule has 1 N–H and O–H groups in total. The van der Waals surface area contributed by atoms with Crippen LogP contribution in [0.2, 0.25) is 0 Å². The highest BCUT2D eigenvalue weighted by Crippen LogP contribution is 2.21. The standard InChI is InChI=1S/C10H11BrN2O/c1-3-6-7(5-12)10(14)13-8(4-2)9(6)11/h3-4H2,1-2H3,(H,13,14). The minimum atomic E-state index is -0.288. The van der Waals surface area contributed by atoms with E-state index in [4.69, 9.17) is 5.26 Å². The number of nitrogens with one attached hydrogen (secondary N) is 1. The van der Waals surface area contributed by atoms with Crippen LogP contribution >= 0.6 is 15.9 Å². The van der Waals surface area contributed by atoms with Gasteiger partial charge in [-0.15, -0.1) is 0 Å². The molecule has 74 valence electrons. The Bertz CT molecular complexity index is 443. The van der Waals surface area contributed by atoms with Crippen molar-refractivity contribution in [3.63, 3.8) is 0 Å². The van der Waals surface area contributed by atoms with Gasteiger partial charge in [0.15, 0.2) is 0 Å². The zero-order valence-electron chi connectivity index (χ0n) is 8.15. The summed E-state index contributed by atoms with van der Waals surface area (Å²) >= 11 is 3.41. The van der Waals surface area contributed by atoms with Crippen LogP contribution in [0.25, 0.3) is 0 Å². The number of aromatic amines is 1. The third kappa shape index (κ3) is 1.73. The van der Waals surface area contributed by atoms with Gasteiger partial charge in [-0.2, -0.15) is 5.26 Å². The summed E-state index contributed by atoms with van der Waals surface area (Å²) in [4.78, 5) is 14.2. The molecular formula is C10H11BrN2O. The summed E-state index contributed by atoms with van der Waals surface area (Å²) < 4.78 is 0.860. The highest BCUT2D eigenvalue weighted by Gasteiger charge is 2.12. The van der Waals surface area contributed by atoms with Gasteiger partial charge in [-0.3, -0.25) is 4.79 Å². The molecule has 1 rings (SSSR count). The number of nitrogens with zero attached hydrogens (tertiary/aromatic N) is 1. The lowest BCUT2D eigenvalue weighted by Gasteiger charge is -2.07. The van der Waals surface area contributed by atoms with Crippen molar-refractivity contribution in [2.45, 2.75) is 26.7 Å². The van der Waals surface area contributed by atoms with Gasteiger partial charge in [0.25, 0.3) is 5.56 Å². The molecule has 0 aliphatic rings. The largest absolute Gasteiger partial charge is 0.324 e. The number of hydrogen-bond acceptors (Lipinski definition) is 2. The monoisotopic (exact) mass is 254 g/mol. The molecule has 1 aromatic heterocycles. The van der Waals surface area contributed by atoms with Crippen LogP contribution in [-0.2, 0) is 12.8 Å². The Morgan fingerprint density at radius 1 is 1.43 bits per heavy atom. The third-order valence-corrected chi connectivity index (χ3v) is 3.10. The second-order valence-corrected chi connectivity index (χ2v) is 3.71. The second-order valence-electron chi connectivity index (χ2n) is 2.92. The zero-order chi connectivity index (χ0) is 10.7. The van der Waals surface area contributed by atoms with E-state index in [1.54, 1.807) is 0 Å². The third-order valence-electron chi connectivity index (χ3n) is 2.14. The predicted octanol–water partition coefficient (Wildman–Crippen LogP) is 2.13. The van der Waals surface area contributed by atoms with Crippen LogP contribution in [0.4, 0.5) is 0 Å². The molecule has 0 saturated carbocycles. The van der Waals surface area contributed by atoms with Crippen LogP contribution in [0.1, 0.15) is 30.7 Å². The van der Waals surface area contributed by atoms with Crippen molar-refractivity contribution >= 4 is 15.9 Å². The van der Waals surface area contributed by atoms with Gasteiger partial charge in [0.2, 0.25) is 0 Å². The quantitative estimate of drug-likeness (QED) is 0.880. The summed E-state index contributed by atoms with van der Waals surface area (Å²) in [7, 11) is 0. The van der Waals surface area contributed by atoms with E-state index in [1.165, 1.54) is 0 Å². The van der Waals surface area contributed by atoms with Gasteiger partial charge in [0.05, 0.1) is 0 Å². The Labute approximate surface area is 90.9 Å². The lowest BCUT2D eigenvalue weighted by atomic mass is 10.1. The molecule has 14 heavy (non-hydrogen) atoms. The number of H-pyrrole nitrogens is 1. The van der Waals surface area contributed by atoms with Gasteiger partial charge in [0.1, 0.15) is 11.6 Å². The minimum absolute atomic E-state index is 0.219. The Balaban J connectivity index is 3.59. The first-order chi connectivity index (χ1) is 6.65. The molecule has 0 fully saturated rings. The summed E-state index contributed by atoms with van der Waals surface area (Å²) in [5.74, 6) is 0. The maximum atomic E-state index is 11.5. The number of hydrogen-bond donors (Lipinski definition) is 1. The smallest absolute Gasteiger partial charge is 0.266 e. The van der Waals surface area contributed by atoms with E-state index in [0.29, 0.717) is 6.42 Å². The van der Waals surface area contributed by atoms with Crippen molar-refractivity contribution in [1.29, 1.82) is 5.26 Å². The molecule has 3 nitrogen and oxygen atoms in total. The van der Waals surface area contributed by atoms with Gasteiger partial charge >= 0.3 is 0 Å². The van der Waals surface area contributed by atoms with Gasteiger partial charge < -0.3 is 4.98 Å². The maximum Gasteiger partial charge on any atom is 0.266 e. The molecule has 0 aliphatic carbocycles. The fourth-order valence-corrected chi connectivity index (χ4v) is 2.24. The molecule has 1 heterocycles. The average molecular weight is 255 g/mol. The molecule has 0 saturated heterocycles. The van der Waals surface area contributed by atoms with Crippen molar-refractivity contribution in [2.24, 2.45) is 0 Å². The highest BCUT2D eigenvalue weighted by molar-refractivity contribution is 9.10. The van der Waals surface area contributed by atoms with E-state index in [-0.39, 0.29) is 11.1 Å². The van der Waals surface area contributed by atoms with Crippen molar-refractivity contribution in [3.8, 4) is 6.07 Å². The van der Waals surface area contributed by atoms with E-state index in [9.17, 15) is 4.79 Å². The number of aromatic nitrogens is 1. The first-order valence-corrected chi connectivity index (χ1v) is 5.28. The average Bonchev–Trinajstić information content (AvgIpc) is 2.20. The second kappa shape index (κ2) is 4.43. The first-order valence-electron chi connectivity index (χ1n) is 4.49. The molecule has 0 unspecified atom stereocenters. The van der Waals surface area contributed by atoms with Crippen molar-refractivity contribution in [3.05, 3.63) is 31.6 Å². The predicted molar refractivity (Wildman–Crippen MR) is 58.2 cm³/mol. The molecule has 0 amide bonds. The van der Waals surface area contributed by atoms with Crippen molar-refractivity contribution in [1.82, 2.24) is 4.98 Å². The SMILES string of the molecule is CCc1[nH]c(=O)c(C#N)c(CC)c1Br. The lowest BCUT2D eigenvalue weighted by Crippen LogP contribution is -2.16. The first kappa shape index (κ1) is 11.0. The van der Waals surface area contributed by atoms with Gasteiger partial charge in [-0.1, -0.05) is 13.8 Å². The van der Waals surface area contributed by atoms with E-state index < -0.39 is 0 Å². The van der Waals surface area contributed by atoms with E-state index >= 15 is 0 Å². The van der Waals surface area contributed by atoms with Crippen LogP contribution in [0, 0.1) is 11.3 Å².